The van der Waals surface area contributed by atoms with Crippen LogP contribution in [0.1, 0.15) is 15.7 Å². The zero-order valence-electron chi connectivity index (χ0n) is 9.44. The van der Waals surface area contributed by atoms with Crippen molar-refractivity contribution in [1.29, 1.82) is 0 Å². The van der Waals surface area contributed by atoms with E-state index in [1.165, 1.54) is 0 Å². The average Bonchev–Trinajstić information content (AvgIpc) is 1.97. The largest absolute Gasteiger partial charge is 2.00 e. The maximum Gasteiger partial charge on any atom is 2.00 e. The van der Waals surface area contributed by atoms with Gasteiger partial charge in [0.25, 0.3) is 0 Å². The van der Waals surface area contributed by atoms with Crippen molar-refractivity contribution in [1.82, 2.24) is 0 Å². The fourth-order valence-electron chi connectivity index (χ4n) is 0.643. The van der Waals surface area contributed by atoms with Crippen molar-refractivity contribution in [3.05, 3.63) is 0 Å². The summed E-state index contributed by atoms with van der Waals surface area (Å²) in [6.07, 6.45) is 0.956. The molecule has 0 saturated carbocycles. The van der Waals surface area contributed by atoms with Gasteiger partial charge in [-0.1, -0.05) is 0 Å². The number of guanidine groups is 1. The number of aliphatic carboxylic acids is 1. The molecule has 0 aromatic carbocycles. The molecule has 0 amide bonds. The molecule has 0 fully saturated rings. The summed E-state index contributed by atoms with van der Waals surface area (Å²) in [5.74, 6) is -0.987. The van der Waals surface area contributed by atoms with E-state index in [-0.39, 0.29) is 46.6 Å². The third-order valence-corrected chi connectivity index (χ3v) is 1.28. The smallest absolute Gasteiger partial charge is 1.00 e. The minimum atomic E-state index is -1.00. The molecule has 7 N–H and O–H groups in total. The number of carboxylic acids is 1. The predicted molar refractivity (Wildman–Crippen MR) is 53.5 cm³/mol. The van der Waals surface area contributed by atoms with Crippen LogP contribution in [0.3, 0.4) is 0 Å². The van der Waals surface area contributed by atoms with Crippen LogP contribution in [-0.2, 0) is 4.79 Å². The van der Waals surface area contributed by atoms with Crippen LogP contribution in [0.4, 0.5) is 0 Å². The first-order valence-electron chi connectivity index (χ1n) is 3.58. The van der Waals surface area contributed by atoms with Gasteiger partial charge in [-0.2, -0.15) is 0 Å². The van der Waals surface area contributed by atoms with Crippen LogP contribution in [0.2, 0.25) is 0 Å². The normalized spacial score (nSPS) is 11.2. The quantitative estimate of drug-likeness (QED) is 0.188. The Morgan fingerprint density at radius 3 is 2.46 bits per heavy atom. The second-order valence-corrected chi connectivity index (χ2v) is 2.39. The van der Waals surface area contributed by atoms with Crippen LogP contribution in [0.5, 0.6) is 0 Å². The van der Waals surface area contributed by atoms with Gasteiger partial charge in [0.1, 0.15) is 6.04 Å². The van der Waals surface area contributed by atoms with Gasteiger partial charge in [0.15, 0.2) is 5.96 Å². The maximum atomic E-state index is 10.2. The van der Waals surface area contributed by atoms with Crippen molar-refractivity contribution in [2.24, 2.45) is 22.2 Å². The molecule has 7 heteroatoms. The van der Waals surface area contributed by atoms with E-state index in [4.69, 9.17) is 22.3 Å². The summed E-state index contributed by atoms with van der Waals surface area (Å²) in [4.78, 5) is 13.9. The van der Waals surface area contributed by atoms with Gasteiger partial charge in [-0.05, 0) is 12.8 Å². The fourth-order valence-corrected chi connectivity index (χ4v) is 0.643. The number of hydrogen-bond acceptors (Lipinski definition) is 3. The molecule has 0 heterocycles. The molecule has 0 radical (unpaired) electrons. The molecule has 74 valence electrons. The number of hydrogen-bond donors (Lipinski definition) is 4. The van der Waals surface area contributed by atoms with Crippen molar-refractivity contribution < 1.29 is 12.8 Å². The Labute approximate surface area is 110 Å². The second kappa shape index (κ2) is 8.55. The van der Waals surface area contributed by atoms with Crippen molar-refractivity contribution >= 4 is 49.7 Å². The van der Waals surface area contributed by atoms with Gasteiger partial charge in [0, 0.05) is 6.54 Å². The summed E-state index contributed by atoms with van der Waals surface area (Å²) in [5, 5.41) is 8.38. The van der Waals surface area contributed by atoms with Crippen LogP contribution < -0.4 is 17.2 Å². The first kappa shape index (κ1) is 15.4. The standard InChI is InChI=1S/C6H14N4O2.Ca.2H/c7-4(5(11)12)2-1-3-10-6(8)9;;;/h4H,1-3,7H2,(H,11,12)(H4,8,9,10);;;/q;+2;2*-1. The van der Waals surface area contributed by atoms with Crippen LogP contribution in [0, 0.1) is 0 Å². The Balaban J connectivity index is -0.000000202. The SMILES string of the molecule is NC(N)=NCCCC(N)C(=O)O.[Ca+2].[H-].[H-]. The first-order chi connectivity index (χ1) is 5.54. The summed E-state index contributed by atoms with van der Waals surface area (Å²) in [5.41, 5.74) is 15.3. The fraction of sp³-hybridized carbons (Fsp3) is 0.667. The van der Waals surface area contributed by atoms with E-state index in [1.807, 2.05) is 0 Å². The van der Waals surface area contributed by atoms with Crippen LogP contribution in [-0.4, -0.2) is 67.4 Å². The number of carboxylic acid groups (broad SMARTS) is 1. The molecule has 0 rings (SSSR count). The third-order valence-electron chi connectivity index (χ3n) is 1.28. The second-order valence-electron chi connectivity index (χ2n) is 2.39. The van der Waals surface area contributed by atoms with E-state index in [1.54, 1.807) is 0 Å². The monoisotopic (exact) mass is 216 g/mol. The zero-order chi connectivity index (χ0) is 9.56. The van der Waals surface area contributed by atoms with Crippen molar-refractivity contribution in [2.45, 2.75) is 18.9 Å². The molecule has 0 saturated heterocycles. The molecule has 0 aromatic rings. The molecule has 0 aliphatic heterocycles. The molecular weight excluding hydrogens is 200 g/mol. The van der Waals surface area contributed by atoms with Crippen molar-refractivity contribution in [3.8, 4) is 0 Å². The molecule has 1 atom stereocenters. The van der Waals surface area contributed by atoms with Crippen LogP contribution in [0.25, 0.3) is 0 Å². The molecule has 0 spiro atoms. The van der Waals surface area contributed by atoms with Crippen LogP contribution in [0.15, 0.2) is 4.99 Å². The summed E-state index contributed by atoms with van der Waals surface area (Å²) in [7, 11) is 0. The molecule has 0 aromatic heterocycles. The molecule has 13 heavy (non-hydrogen) atoms. The van der Waals surface area contributed by atoms with E-state index in [2.05, 4.69) is 4.99 Å². The minimum absolute atomic E-state index is 0. The summed E-state index contributed by atoms with van der Waals surface area (Å²) in [6.45, 7) is 0.420. The Hall–Kier alpha value is -0.0403. The molecule has 1 unspecified atom stereocenters. The van der Waals surface area contributed by atoms with Gasteiger partial charge >= 0.3 is 43.7 Å². The van der Waals surface area contributed by atoms with Gasteiger partial charge < -0.3 is 25.2 Å². The van der Waals surface area contributed by atoms with Crippen LogP contribution >= 0.6 is 0 Å². The number of nitrogens with two attached hydrogens (primary N) is 3. The summed E-state index contributed by atoms with van der Waals surface area (Å²) < 4.78 is 0. The first-order valence-corrected chi connectivity index (χ1v) is 3.58. The Morgan fingerprint density at radius 2 is 2.08 bits per heavy atom. The molecular formula is C6H16CaN4O2. The minimum Gasteiger partial charge on any atom is -1.00 e. The van der Waals surface area contributed by atoms with Gasteiger partial charge in [-0.15, -0.1) is 0 Å². The molecule has 0 bridgehead atoms. The van der Waals surface area contributed by atoms with Gasteiger partial charge in [-0.3, -0.25) is 9.79 Å². The summed E-state index contributed by atoms with van der Waals surface area (Å²) >= 11 is 0. The average molecular weight is 216 g/mol. The van der Waals surface area contributed by atoms with E-state index in [0.29, 0.717) is 19.4 Å². The Bertz CT molecular complexity index is 190. The van der Waals surface area contributed by atoms with Crippen molar-refractivity contribution in [2.75, 3.05) is 6.54 Å². The molecule has 0 aliphatic rings. The Morgan fingerprint density at radius 1 is 1.54 bits per heavy atom. The maximum absolute atomic E-state index is 10.2. The van der Waals surface area contributed by atoms with Gasteiger partial charge in [0.2, 0.25) is 0 Å². The van der Waals surface area contributed by atoms with E-state index >= 15 is 0 Å². The van der Waals surface area contributed by atoms with E-state index < -0.39 is 12.0 Å². The number of aliphatic imine (C=N–C) groups is 1. The van der Waals surface area contributed by atoms with E-state index in [0.717, 1.165) is 0 Å². The summed E-state index contributed by atoms with van der Waals surface area (Å²) in [6, 6.07) is -0.820. The Kier molecular flexibility index (Phi) is 10.2. The van der Waals surface area contributed by atoms with E-state index in [9.17, 15) is 4.79 Å². The third kappa shape index (κ3) is 9.88. The number of rotatable bonds is 5. The molecule has 6 nitrogen and oxygen atoms in total. The van der Waals surface area contributed by atoms with Gasteiger partial charge in [0.05, 0.1) is 0 Å². The van der Waals surface area contributed by atoms with Gasteiger partial charge in [-0.25, -0.2) is 0 Å². The topological polar surface area (TPSA) is 128 Å². The predicted octanol–water partition coefficient (Wildman–Crippen LogP) is -1.70. The number of carbonyl (C=O) groups is 1. The number of nitrogens with zero attached hydrogens (tertiary/aromatic N) is 1. The zero-order valence-corrected chi connectivity index (χ0v) is 9.65. The molecule has 0 aliphatic carbocycles. The van der Waals surface area contributed by atoms with Crippen molar-refractivity contribution in [3.63, 3.8) is 0 Å².